The van der Waals surface area contributed by atoms with Crippen molar-refractivity contribution in [3.8, 4) is 0 Å². The molecule has 0 N–H and O–H groups in total. The number of carbonyl (C=O) groups is 4. The number of esters is 1. The van der Waals surface area contributed by atoms with E-state index in [4.69, 9.17) is 4.74 Å². The van der Waals surface area contributed by atoms with Crippen LogP contribution in [0.15, 0.2) is 0 Å². The van der Waals surface area contributed by atoms with Gasteiger partial charge in [0.15, 0.2) is 0 Å². The van der Waals surface area contributed by atoms with Gasteiger partial charge in [-0.2, -0.15) is 0 Å². The van der Waals surface area contributed by atoms with Crippen molar-refractivity contribution >= 4 is 25.4 Å². The Hall–Kier alpha value is -2.16. The van der Waals surface area contributed by atoms with Gasteiger partial charge in [0.2, 0.25) is 0 Å². The van der Waals surface area contributed by atoms with Crippen LogP contribution in [0.25, 0.3) is 0 Å². The minimum atomic E-state index is -0.442. The van der Waals surface area contributed by atoms with E-state index in [0.29, 0.717) is 32.6 Å². The molecule has 120 valence electrons. The highest BCUT2D eigenvalue weighted by Crippen LogP contribution is 1.95. The quantitative estimate of drug-likeness (QED) is 0.158. The summed E-state index contributed by atoms with van der Waals surface area (Å²) in [6.07, 6.45) is 0.114. The number of hydrogen-bond acceptors (Lipinski definition) is 9. The molecule has 0 aromatic carbocycles. The van der Waals surface area contributed by atoms with Crippen LogP contribution in [0.1, 0.15) is 6.42 Å². The fraction of sp³-hybridized carbons (Fsp3) is 0.667. The van der Waals surface area contributed by atoms with Gasteiger partial charge < -0.3 is 18.9 Å². The fourth-order valence-electron chi connectivity index (χ4n) is 1.37. The molecule has 0 aliphatic rings. The highest BCUT2D eigenvalue weighted by atomic mass is 16.6. The molecule has 9 heteroatoms. The summed E-state index contributed by atoms with van der Waals surface area (Å²) in [5, 5.41) is 0. The molecule has 0 fully saturated rings. The molecule has 21 heavy (non-hydrogen) atoms. The van der Waals surface area contributed by atoms with Crippen LogP contribution >= 0.6 is 0 Å². The van der Waals surface area contributed by atoms with E-state index in [2.05, 4.69) is 14.2 Å². The molecule has 0 heterocycles. The summed E-state index contributed by atoms with van der Waals surface area (Å²) in [6, 6.07) is 0. The molecule has 0 radical (unpaired) electrons. The lowest BCUT2D eigenvalue weighted by Crippen LogP contribution is -2.33. The van der Waals surface area contributed by atoms with E-state index >= 15 is 0 Å². The molecule has 0 amide bonds. The van der Waals surface area contributed by atoms with Gasteiger partial charge in [-0.05, 0) is 0 Å². The topological polar surface area (TPSA) is 108 Å². The largest absolute Gasteiger partial charge is 0.467 e. The van der Waals surface area contributed by atoms with Gasteiger partial charge in [-0.25, -0.2) is 0 Å². The van der Waals surface area contributed by atoms with Crippen molar-refractivity contribution in [3.63, 3.8) is 0 Å². The van der Waals surface area contributed by atoms with E-state index in [1.165, 1.54) is 0 Å². The summed E-state index contributed by atoms with van der Waals surface area (Å²) in [5.41, 5.74) is 0. The van der Waals surface area contributed by atoms with Crippen LogP contribution in [-0.4, -0.2) is 76.3 Å². The second kappa shape index (κ2) is 14.3. The number of rotatable bonds is 15. The van der Waals surface area contributed by atoms with Gasteiger partial charge in [0, 0.05) is 19.6 Å². The molecular formula is C12H19NO8. The van der Waals surface area contributed by atoms with Crippen molar-refractivity contribution in [1.82, 2.24) is 4.90 Å². The van der Waals surface area contributed by atoms with Crippen molar-refractivity contribution in [2.75, 3.05) is 46.1 Å². The van der Waals surface area contributed by atoms with E-state index in [1.54, 1.807) is 4.90 Å². The third-order valence-electron chi connectivity index (χ3n) is 2.35. The molecule has 0 atom stereocenters. The molecule has 0 unspecified atom stereocenters. The summed E-state index contributed by atoms with van der Waals surface area (Å²) in [6.45, 7) is 2.47. The normalized spacial score (nSPS) is 9.76. The molecule has 0 rings (SSSR count). The number of nitrogens with zero attached hydrogens (tertiary/aromatic N) is 1. The molecule has 0 bridgehead atoms. The first-order chi connectivity index (χ1) is 10.2. The second-order valence-corrected chi connectivity index (χ2v) is 3.71. The van der Waals surface area contributed by atoms with E-state index in [1.807, 2.05) is 0 Å². The van der Waals surface area contributed by atoms with Gasteiger partial charge in [-0.15, -0.1) is 0 Å². The van der Waals surface area contributed by atoms with Gasteiger partial charge in [-0.1, -0.05) is 0 Å². The van der Waals surface area contributed by atoms with Crippen molar-refractivity contribution in [2.45, 2.75) is 6.42 Å². The van der Waals surface area contributed by atoms with Crippen LogP contribution in [0.2, 0.25) is 0 Å². The highest BCUT2D eigenvalue weighted by Gasteiger charge is 2.09. The molecule has 0 aliphatic carbocycles. The Bertz CT molecular complexity index is 296. The van der Waals surface area contributed by atoms with Crippen LogP contribution in [0.3, 0.4) is 0 Å². The molecule has 0 spiro atoms. The average molecular weight is 305 g/mol. The van der Waals surface area contributed by atoms with E-state index in [9.17, 15) is 19.2 Å². The monoisotopic (exact) mass is 305 g/mol. The maximum Gasteiger partial charge on any atom is 0.307 e. The van der Waals surface area contributed by atoms with E-state index < -0.39 is 5.97 Å². The lowest BCUT2D eigenvalue weighted by Gasteiger charge is -2.20. The maximum atomic E-state index is 11.4. The standard InChI is InChI=1S/C12H19NO8/c14-9-18-5-3-13(4-6-19-10-15)2-1-12(17)21-8-7-20-11-16/h9-11H,1-8H2. The molecule has 0 aromatic heterocycles. The van der Waals surface area contributed by atoms with E-state index in [0.717, 1.165) is 0 Å². The zero-order valence-electron chi connectivity index (χ0n) is 11.6. The number of hydrogen-bond donors (Lipinski definition) is 0. The van der Waals surface area contributed by atoms with Crippen LogP contribution < -0.4 is 0 Å². The second-order valence-electron chi connectivity index (χ2n) is 3.71. The summed E-state index contributed by atoms with van der Waals surface area (Å²) in [4.78, 5) is 43.2. The minimum Gasteiger partial charge on any atom is -0.467 e. The van der Waals surface area contributed by atoms with Gasteiger partial charge in [0.1, 0.15) is 26.4 Å². The first-order valence-electron chi connectivity index (χ1n) is 6.28. The molecule has 0 saturated carbocycles. The molecule has 9 nitrogen and oxygen atoms in total. The van der Waals surface area contributed by atoms with Gasteiger partial charge in [0.05, 0.1) is 6.42 Å². The Kier molecular flexibility index (Phi) is 12.8. The Morgan fingerprint density at radius 3 is 1.81 bits per heavy atom. The van der Waals surface area contributed by atoms with Crippen molar-refractivity contribution in [3.05, 3.63) is 0 Å². The summed E-state index contributed by atoms with van der Waals surface area (Å²) >= 11 is 0. The summed E-state index contributed by atoms with van der Waals surface area (Å²) < 4.78 is 18.3. The summed E-state index contributed by atoms with van der Waals surface area (Å²) in [7, 11) is 0. The number of carbonyl (C=O) groups excluding carboxylic acids is 4. The third kappa shape index (κ3) is 12.6. The minimum absolute atomic E-state index is 0.0000786. The lowest BCUT2D eigenvalue weighted by molar-refractivity contribution is -0.147. The van der Waals surface area contributed by atoms with Crippen LogP contribution in [0.4, 0.5) is 0 Å². The third-order valence-corrected chi connectivity index (χ3v) is 2.35. The smallest absolute Gasteiger partial charge is 0.307 e. The van der Waals surface area contributed by atoms with Gasteiger partial charge >= 0.3 is 5.97 Å². The van der Waals surface area contributed by atoms with Crippen LogP contribution in [-0.2, 0) is 38.1 Å². The maximum absolute atomic E-state index is 11.4. The Labute approximate surface area is 122 Å². The predicted molar refractivity (Wildman–Crippen MR) is 68.1 cm³/mol. The molecule has 0 aliphatic heterocycles. The Morgan fingerprint density at radius 2 is 1.29 bits per heavy atom. The van der Waals surface area contributed by atoms with E-state index in [-0.39, 0.29) is 39.3 Å². The molecule has 0 aromatic rings. The zero-order valence-corrected chi connectivity index (χ0v) is 11.6. The summed E-state index contributed by atoms with van der Waals surface area (Å²) in [5.74, 6) is -0.442. The van der Waals surface area contributed by atoms with Crippen LogP contribution in [0, 0.1) is 0 Å². The number of ether oxygens (including phenoxy) is 4. The first kappa shape index (κ1) is 18.8. The average Bonchev–Trinajstić information content (AvgIpc) is 2.49. The Balaban J connectivity index is 3.89. The van der Waals surface area contributed by atoms with Crippen LogP contribution in [0.5, 0.6) is 0 Å². The fourth-order valence-corrected chi connectivity index (χ4v) is 1.37. The van der Waals surface area contributed by atoms with Gasteiger partial charge in [0.25, 0.3) is 19.4 Å². The SMILES string of the molecule is O=COCCOC(=O)CCN(CCOC=O)CCOC=O. The zero-order chi connectivity index (χ0) is 15.8. The lowest BCUT2D eigenvalue weighted by atomic mass is 10.3. The Morgan fingerprint density at radius 1 is 0.762 bits per heavy atom. The van der Waals surface area contributed by atoms with Crippen molar-refractivity contribution in [1.29, 1.82) is 0 Å². The predicted octanol–water partition coefficient (Wildman–Crippen LogP) is -1.26. The molecular weight excluding hydrogens is 286 g/mol. The molecule has 0 saturated heterocycles. The first-order valence-corrected chi connectivity index (χ1v) is 6.28. The van der Waals surface area contributed by atoms with Crippen molar-refractivity contribution < 1.29 is 38.1 Å². The highest BCUT2D eigenvalue weighted by molar-refractivity contribution is 5.69. The van der Waals surface area contributed by atoms with Gasteiger partial charge in [-0.3, -0.25) is 24.1 Å². The van der Waals surface area contributed by atoms with Crippen molar-refractivity contribution in [2.24, 2.45) is 0 Å².